The molecule has 0 fully saturated rings. The standard InChI is InChI=1S/C19H13ClO2/c20-14-8-5-13(6-9-14)18-11-16(21)19-15-4-2-1-3-12(15)7-10-17(19)22-18/h1-10,18H,11H2. The molecule has 1 aliphatic rings. The molecule has 0 saturated carbocycles. The van der Waals surface area contributed by atoms with Crippen molar-refractivity contribution in [3.05, 3.63) is 76.8 Å². The van der Waals surface area contributed by atoms with Crippen LogP contribution in [0.15, 0.2) is 60.7 Å². The van der Waals surface area contributed by atoms with Crippen LogP contribution in [0.5, 0.6) is 5.75 Å². The summed E-state index contributed by atoms with van der Waals surface area (Å²) in [6, 6.07) is 19.2. The van der Waals surface area contributed by atoms with Crippen molar-refractivity contribution in [2.24, 2.45) is 0 Å². The van der Waals surface area contributed by atoms with Crippen LogP contribution in [0.1, 0.15) is 28.4 Å². The summed E-state index contributed by atoms with van der Waals surface area (Å²) < 4.78 is 6.07. The number of ether oxygens (including phenoxy) is 1. The zero-order valence-corrected chi connectivity index (χ0v) is 12.5. The van der Waals surface area contributed by atoms with E-state index in [1.807, 2.05) is 60.7 Å². The van der Waals surface area contributed by atoms with Gasteiger partial charge in [-0.25, -0.2) is 0 Å². The summed E-state index contributed by atoms with van der Waals surface area (Å²) in [5.74, 6) is 0.785. The largest absolute Gasteiger partial charge is 0.484 e. The Morgan fingerprint density at radius 2 is 1.73 bits per heavy atom. The van der Waals surface area contributed by atoms with E-state index in [2.05, 4.69) is 0 Å². The van der Waals surface area contributed by atoms with E-state index < -0.39 is 0 Å². The number of carbonyl (C=O) groups is 1. The Bertz CT molecular complexity index is 868. The topological polar surface area (TPSA) is 26.3 Å². The molecule has 2 nitrogen and oxygen atoms in total. The molecule has 1 aliphatic heterocycles. The summed E-state index contributed by atoms with van der Waals surface area (Å²) in [7, 11) is 0. The maximum absolute atomic E-state index is 12.6. The van der Waals surface area contributed by atoms with Gasteiger partial charge in [0.25, 0.3) is 0 Å². The van der Waals surface area contributed by atoms with Gasteiger partial charge in [-0.05, 0) is 34.5 Å². The molecule has 0 amide bonds. The second-order valence-electron chi connectivity index (χ2n) is 5.45. The van der Waals surface area contributed by atoms with E-state index in [1.54, 1.807) is 0 Å². The monoisotopic (exact) mass is 308 g/mol. The number of hydrogen-bond acceptors (Lipinski definition) is 2. The van der Waals surface area contributed by atoms with Crippen molar-refractivity contribution in [3.63, 3.8) is 0 Å². The van der Waals surface area contributed by atoms with Crippen molar-refractivity contribution in [2.45, 2.75) is 12.5 Å². The fraction of sp³-hybridized carbons (Fsp3) is 0.105. The third-order valence-corrected chi connectivity index (χ3v) is 4.30. The summed E-state index contributed by atoms with van der Waals surface area (Å²) in [6.07, 6.45) is 0.0984. The molecule has 1 heterocycles. The van der Waals surface area contributed by atoms with E-state index in [9.17, 15) is 4.79 Å². The van der Waals surface area contributed by atoms with E-state index in [0.717, 1.165) is 16.3 Å². The van der Waals surface area contributed by atoms with Crippen LogP contribution in [0.3, 0.4) is 0 Å². The van der Waals surface area contributed by atoms with Crippen LogP contribution in [0, 0.1) is 0 Å². The number of halogens is 1. The van der Waals surface area contributed by atoms with Gasteiger partial charge in [0.2, 0.25) is 0 Å². The van der Waals surface area contributed by atoms with E-state index in [-0.39, 0.29) is 11.9 Å². The molecule has 22 heavy (non-hydrogen) atoms. The van der Waals surface area contributed by atoms with Gasteiger partial charge in [0, 0.05) is 5.02 Å². The summed E-state index contributed by atoms with van der Waals surface area (Å²) in [5, 5.41) is 2.69. The molecule has 3 aromatic rings. The molecule has 0 bridgehead atoms. The normalized spacial score (nSPS) is 17.1. The highest BCUT2D eigenvalue weighted by Crippen LogP contribution is 2.38. The van der Waals surface area contributed by atoms with Gasteiger partial charge in [-0.1, -0.05) is 54.1 Å². The molecule has 0 saturated heterocycles. The number of hydrogen-bond donors (Lipinski definition) is 0. The average Bonchev–Trinajstić information content (AvgIpc) is 2.55. The number of ketones is 1. The lowest BCUT2D eigenvalue weighted by Crippen LogP contribution is -2.20. The lowest BCUT2D eigenvalue weighted by atomic mass is 9.92. The SMILES string of the molecule is O=C1CC(c2ccc(Cl)cc2)Oc2ccc3ccccc3c21. The zero-order valence-electron chi connectivity index (χ0n) is 11.8. The van der Waals surface area contributed by atoms with Gasteiger partial charge in [0.1, 0.15) is 11.9 Å². The number of fused-ring (bicyclic) bond motifs is 3. The Hall–Kier alpha value is -2.32. The summed E-state index contributed by atoms with van der Waals surface area (Å²) >= 11 is 5.92. The van der Waals surface area contributed by atoms with Crippen molar-refractivity contribution in [3.8, 4) is 5.75 Å². The minimum absolute atomic E-state index is 0.123. The van der Waals surface area contributed by atoms with Crippen molar-refractivity contribution in [1.29, 1.82) is 0 Å². The molecule has 108 valence electrons. The van der Waals surface area contributed by atoms with E-state index in [1.165, 1.54) is 0 Å². The zero-order chi connectivity index (χ0) is 15.1. The predicted octanol–water partition coefficient (Wildman–Crippen LogP) is 5.20. The Labute approximate surface area is 133 Å². The average molecular weight is 309 g/mol. The Morgan fingerprint density at radius 1 is 0.955 bits per heavy atom. The highest BCUT2D eigenvalue weighted by molar-refractivity contribution is 6.30. The fourth-order valence-corrected chi connectivity index (χ4v) is 3.09. The number of carbonyl (C=O) groups excluding carboxylic acids is 1. The molecule has 3 heteroatoms. The van der Waals surface area contributed by atoms with E-state index in [0.29, 0.717) is 22.8 Å². The molecule has 4 rings (SSSR count). The molecule has 0 aliphatic carbocycles. The predicted molar refractivity (Wildman–Crippen MR) is 87.7 cm³/mol. The fourth-order valence-electron chi connectivity index (χ4n) is 2.97. The Kier molecular flexibility index (Phi) is 3.12. The Balaban J connectivity index is 1.79. The Morgan fingerprint density at radius 3 is 2.55 bits per heavy atom. The van der Waals surface area contributed by atoms with E-state index in [4.69, 9.17) is 16.3 Å². The third-order valence-electron chi connectivity index (χ3n) is 4.05. The van der Waals surface area contributed by atoms with Crippen LogP contribution in [0.25, 0.3) is 10.8 Å². The first kappa shape index (κ1) is 13.4. The minimum atomic E-state index is -0.251. The third kappa shape index (κ3) is 2.16. The number of benzene rings is 3. The molecule has 0 radical (unpaired) electrons. The first-order chi connectivity index (χ1) is 10.7. The van der Waals surface area contributed by atoms with Gasteiger partial charge < -0.3 is 4.74 Å². The van der Waals surface area contributed by atoms with Gasteiger partial charge in [0.15, 0.2) is 5.78 Å². The number of rotatable bonds is 1. The molecule has 0 spiro atoms. The minimum Gasteiger partial charge on any atom is -0.484 e. The van der Waals surface area contributed by atoms with Gasteiger partial charge in [-0.3, -0.25) is 4.79 Å². The van der Waals surface area contributed by atoms with Crippen LogP contribution in [-0.2, 0) is 0 Å². The maximum atomic E-state index is 12.6. The number of Topliss-reactive ketones (excluding diaryl/α,β-unsaturated/α-hetero) is 1. The van der Waals surface area contributed by atoms with Gasteiger partial charge >= 0.3 is 0 Å². The smallest absolute Gasteiger partial charge is 0.171 e. The lowest BCUT2D eigenvalue weighted by molar-refractivity contribution is 0.0853. The second kappa shape index (κ2) is 5.15. The quantitative estimate of drug-likeness (QED) is 0.617. The molecular weight excluding hydrogens is 296 g/mol. The van der Waals surface area contributed by atoms with Gasteiger partial charge in [-0.15, -0.1) is 0 Å². The van der Waals surface area contributed by atoms with Crippen LogP contribution >= 0.6 is 11.6 Å². The molecule has 0 N–H and O–H groups in total. The molecule has 1 unspecified atom stereocenters. The van der Waals surface area contributed by atoms with Gasteiger partial charge in [0.05, 0.1) is 12.0 Å². The van der Waals surface area contributed by atoms with Crippen LogP contribution in [0.4, 0.5) is 0 Å². The van der Waals surface area contributed by atoms with Crippen LogP contribution in [0.2, 0.25) is 5.02 Å². The molecular formula is C19H13ClO2. The van der Waals surface area contributed by atoms with Crippen molar-refractivity contribution in [1.82, 2.24) is 0 Å². The summed E-state index contributed by atoms with van der Waals surface area (Å²) in [4.78, 5) is 12.6. The highest BCUT2D eigenvalue weighted by atomic mass is 35.5. The molecule has 0 aromatic heterocycles. The van der Waals surface area contributed by atoms with Gasteiger partial charge in [-0.2, -0.15) is 0 Å². The van der Waals surface area contributed by atoms with Crippen molar-refractivity contribution < 1.29 is 9.53 Å². The second-order valence-corrected chi connectivity index (χ2v) is 5.88. The summed E-state index contributed by atoms with van der Waals surface area (Å²) in [6.45, 7) is 0. The van der Waals surface area contributed by atoms with Crippen molar-refractivity contribution >= 4 is 28.2 Å². The highest BCUT2D eigenvalue weighted by Gasteiger charge is 2.29. The first-order valence-electron chi connectivity index (χ1n) is 7.19. The van der Waals surface area contributed by atoms with Crippen LogP contribution in [-0.4, -0.2) is 5.78 Å². The first-order valence-corrected chi connectivity index (χ1v) is 7.57. The summed E-state index contributed by atoms with van der Waals surface area (Å²) in [5.41, 5.74) is 1.67. The van der Waals surface area contributed by atoms with Crippen LogP contribution < -0.4 is 4.74 Å². The molecule has 1 atom stereocenters. The maximum Gasteiger partial charge on any atom is 0.171 e. The molecule has 3 aromatic carbocycles. The van der Waals surface area contributed by atoms with E-state index >= 15 is 0 Å². The lowest BCUT2D eigenvalue weighted by Gasteiger charge is -2.26. The van der Waals surface area contributed by atoms with Crippen molar-refractivity contribution in [2.75, 3.05) is 0 Å².